The van der Waals surface area contributed by atoms with Crippen LogP contribution in [0, 0.1) is 0 Å². The van der Waals surface area contributed by atoms with Gasteiger partial charge in [0.15, 0.2) is 5.82 Å². The summed E-state index contributed by atoms with van der Waals surface area (Å²) < 4.78 is 0. The molecule has 0 saturated carbocycles. The van der Waals surface area contributed by atoms with Crippen LogP contribution in [0.25, 0.3) is 78.4 Å². The lowest BCUT2D eigenvalue weighted by Crippen LogP contribution is -1.97. The molecule has 0 fully saturated rings. The first-order chi connectivity index (χ1) is 23.8. The van der Waals surface area contributed by atoms with Gasteiger partial charge in [-0.05, 0) is 87.0 Å². The van der Waals surface area contributed by atoms with Crippen LogP contribution in [0.2, 0.25) is 0 Å². The molecule has 0 amide bonds. The van der Waals surface area contributed by atoms with E-state index in [1.54, 1.807) is 0 Å². The Labute approximate surface area is 281 Å². The minimum Gasteiger partial charge on any atom is -0.228 e. The second kappa shape index (κ2) is 13.2. The van der Waals surface area contributed by atoms with Crippen molar-refractivity contribution in [1.82, 2.24) is 9.97 Å². The van der Waals surface area contributed by atoms with E-state index in [9.17, 15) is 0 Å². The molecule has 226 valence electrons. The average Bonchev–Trinajstić information content (AvgIpc) is 3.19. The van der Waals surface area contributed by atoms with E-state index in [-0.39, 0.29) is 0 Å². The van der Waals surface area contributed by atoms with E-state index in [2.05, 4.69) is 182 Å². The maximum atomic E-state index is 5.19. The van der Waals surface area contributed by atoms with Crippen LogP contribution in [-0.2, 0) is 0 Å². The Morgan fingerprint density at radius 2 is 0.458 bits per heavy atom. The van der Waals surface area contributed by atoms with Crippen molar-refractivity contribution in [3.63, 3.8) is 0 Å². The smallest absolute Gasteiger partial charge is 0.160 e. The molecule has 0 aliphatic carbocycles. The first-order valence-electron chi connectivity index (χ1n) is 16.2. The average molecular weight is 613 g/mol. The maximum absolute atomic E-state index is 5.19. The molecule has 0 saturated heterocycles. The van der Waals surface area contributed by atoms with Crippen LogP contribution in [0.3, 0.4) is 0 Å². The molecule has 1 heterocycles. The van der Waals surface area contributed by atoms with Crippen molar-refractivity contribution in [3.05, 3.63) is 194 Å². The summed E-state index contributed by atoms with van der Waals surface area (Å²) in [5, 5.41) is 0. The molecule has 1 aromatic heterocycles. The SMILES string of the molecule is c1ccc(-c2cc(-c3ccccc3)cc(-c3cc(-c4ccccc4)cc(-c4nc(-c5ccccc5)cc(-c5ccccc5)n4)c3)c2)cc1. The Bertz CT molecular complexity index is 2040. The highest BCUT2D eigenvalue weighted by atomic mass is 14.9. The van der Waals surface area contributed by atoms with Crippen molar-refractivity contribution in [1.29, 1.82) is 0 Å². The molecule has 0 radical (unpaired) electrons. The van der Waals surface area contributed by atoms with E-state index in [1.807, 2.05) is 12.1 Å². The summed E-state index contributed by atoms with van der Waals surface area (Å²) in [5.41, 5.74) is 14.1. The number of benzene rings is 7. The Kier molecular flexibility index (Phi) is 7.96. The minimum absolute atomic E-state index is 0.691. The van der Waals surface area contributed by atoms with Crippen molar-refractivity contribution in [2.75, 3.05) is 0 Å². The fourth-order valence-corrected chi connectivity index (χ4v) is 6.20. The van der Waals surface area contributed by atoms with Crippen LogP contribution >= 0.6 is 0 Å². The Hall–Kier alpha value is -6.38. The lowest BCUT2D eigenvalue weighted by Gasteiger charge is -2.15. The number of rotatable bonds is 7. The van der Waals surface area contributed by atoms with E-state index >= 15 is 0 Å². The molecule has 0 aliphatic heterocycles. The summed E-state index contributed by atoms with van der Waals surface area (Å²) >= 11 is 0. The maximum Gasteiger partial charge on any atom is 0.160 e. The van der Waals surface area contributed by atoms with Gasteiger partial charge in [0.2, 0.25) is 0 Å². The van der Waals surface area contributed by atoms with Gasteiger partial charge in [-0.2, -0.15) is 0 Å². The number of aromatic nitrogens is 2. The van der Waals surface area contributed by atoms with Gasteiger partial charge in [-0.15, -0.1) is 0 Å². The largest absolute Gasteiger partial charge is 0.228 e. The van der Waals surface area contributed by atoms with Gasteiger partial charge >= 0.3 is 0 Å². The molecule has 2 nitrogen and oxygen atoms in total. The monoisotopic (exact) mass is 612 g/mol. The molecular formula is C46H32N2. The van der Waals surface area contributed by atoms with Crippen LogP contribution in [-0.4, -0.2) is 9.97 Å². The third-order valence-corrected chi connectivity index (χ3v) is 8.64. The van der Waals surface area contributed by atoms with E-state index < -0.39 is 0 Å². The molecule has 7 aromatic carbocycles. The normalized spacial score (nSPS) is 10.9. The quantitative estimate of drug-likeness (QED) is 0.179. The molecule has 0 unspecified atom stereocenters. The van der Waals surface area contributed by atoms with Crippen LogP contribution < -0.4 is 0 Å². The van der Waals surface area contributed by atoms with Crippen LogP contribution in [0.15, 0.2) is 194 Å². The fraction of sp³-hybridized carbons (Fsp3) is 0. The summed E-state index contributed by atoms with van der Waals surface area (Å²) in [6, 6.07) is 68.2. The molecule has 0 aliphatic rings. The van der Waals surface area contributed by atoms with Gasteiger partial charge in [0.05, 0.1) is 11.4 Å². The number of hydrogen-bond acceptors (Lipinski definition) is 2. The zero-order valence-corrected chi connectivity index (χ0v) is 26.4. The van der Waals surface area contributed by atoms with Crippen LogP contribution in [0.5, 0.6) is 0 Å². The summed E-state index contributed by atoms with van der Waals surface area (Å²) in [5.74, 6) is 0.691. The molecule has 0 atom stereocenters. The predicted octanol–water partition coefficient (Wildman–Crippen LogP) is 12.1. The fourth-order valence-electron chi connectivity index (χ4n) is 6.20. The van der Waals surface area contributed by atoms with Gasteiger partial charge in [0.25, 0.3) is 0 Å². The topological polar surface area (TPSA) is 25.8 Å². The Morgan fingerprint density at radius 3 is 0.771 bits per heavy atom. The van der Waals surface area contributed by atoms with Gasteiger partial charge in [-0.25, -0.2) is 9.97 Å². The summed E-state index contributed by atoms with van der Waals surface area (Å²) in [7, 11) is 0. The first kappa shape index (κ1) is 29.1. The Morgan fingerprint density at radius 1 is 0.208 bits per heavy atom. The van der Waals surface area contributed by atoms with Crippen molar-refractivity contribution in [2.45, 2.75) is 0 Å². The standard InChI is InChI=1S/C46H32N2/c1-6-16-33(17-7-1)38-26-39(34-18-8-2-9-19-34)28-41(27-38)42-29-40(35-20-10-3-11-21-35)30-43(31-42)46-47-44(36-22-12-4-13-23-36)32-45(48-46)37-24-14-5-15-25-37/h1-32H. The Balaban J connectivity index is 1.36. The number of hydrogen-bond donors (Lipinski definition) is 0. The summed E-state index contributed by atoms with van der Waals surface area (Å²) in [6.07, 6.45) is 0. The van der Waals surface area contributed by atoms with E-state index in [4.69, 9.17) is 9.97 Å². The highest BCUT2D eigenvalue weighted by molar-refractivity contribution is 5.86. The second-order valence-electron chi connectivity index (χ2n) is 11.9. The third-order valence-electron chi connectivity index (χ3n) is 8.64. The zero-order chi connectivity index (χ0) is 32.1. The summed E-state index contributed by atoms with van der Waals surface area (Å²) in [4.78, 5) is 10.4. The van der Waals surface area contributed by atoms with E-state index in [0.29, 0.717) is 5.82 Å². The lowest BCUT2D eigenvalue weighted by atomic mass is 9.91. The van der Waals surface area contributed by atoms with Crippen molar-refractivity contribution in [3.8, 4) is 78.4 Å². The van der Waals surface area contributed by atoms with Crippen LogP contribution in [0.1, 0.15) is 0 Å². The van der Waals surface area contributed by atoms with E-state index in [0.717, 1.165) is 50.3 Å². The molecule has 8 rings (SSSR count). The van der Waals surface area contributed by atoms with Crippen molar-refractivity contribution < 1.29 is 0 Å². The zero-order valence-electron chi connectivity index (χ0n) is 26.4. The highest BCUT2D eigenvalue weighted by Gasteiger charge is 2.15. The minimum atomic E-state index is 0.691. The molecular weight excluding hydrogens is 581 g/mol. The van der Waals surface area contributed by atoms with Gasteiger partial charge in [0, 0.05) is 16.7 Å². The van der Waals surface area contributed by atoms with Gasteiger partial charge in [-0.3, -0.25) is 0 Å². The molecule has 8 aromatic rings. The third kappa shape index (κ3) is 6.20. The molecule has 2 heteroatoms. The molecule has 48 heavy (non-hydrogen) atoms. The second-order valence-corrected chi connectivity index (χ2v) is 11.9. The van der Waals surface area contributed by atoms with E-state index in [1.165, 1.54) is 22.3 Å². The van der Waals surface area contributed by atoms with Crippen LogP contribution in [0.4, 0.5) is 0 Å². The molecule has 0 N–H and O–H groups in total. The van der Waals surface area contributed by atoms with Crippen molar-refractivity contribution >= 4 is 0 Å². The molecule has 0 spiro atoms. The van der Waals surface area contributed by atoms with Gasteiger partial charge < -0.3 is 0 Å². The highest BCUT2D eigenvalue weighted by Crippen LogP contribution is 2.37. The summed E-state index contributed by atoms with van der Waals surface area (Å²) in [6.45, 7) is 0. The molecule has 0 bridgehead atoms. The number of nitrogens with zero attached hydrogens (tertiary/aromatic N) is 2. The van der Waals surface area contributed by atoms with Crippen molar-refractivity contribution in [2.24, 2.45) is 0 Å². The van der Waals surface area contributed by atoms with Gasteiger partial charge in [-0.1, -0.05) is 152 Å². The van der Waals surface area contributed by atoms with Gasteiger partial charge in [0.1, 0.15) is 0 Å². The lowest BCUT2D eigenvalue weighted by molar-refractivity contribution is 1.18. The first-order valence-corrected chi connectivity index (χ1v) is 16.2. The predicted molar refractivity (Wildman–Crippen MR) is 200 cm³/mol.